The first-order valence-corrected chi connectivity index (χ1v) is 6.37. The molecule has 0 aromatic rings. The first-order chi connectivity index (χ1) is 5.91. The maximum atomic E-state index is 11.2. The Morgan fingerprint density at radius 2 is 1.77 bits per heavy atom. The highest BCUT2D eigenvalue weighted by molar-refractivity contribution is 7.88. The molecule has 0 radical (unpaired) electrons. The molecular formula is C8H18N2O2S. The first-order valence-electron chi connectivity index (χ1n) is 4.53. The molecule has 1 aliphatic heterocycles. The molecule has 5 heteroatoms. The molecule has 1 rings (SSSR count). The lowest BCUT2D eigenvalue weighted by atomic mass is 10.1. The normalized spacial score (nSPS) is 22.5. The van der Waals surface area contributed by atoms with E-state index in [2.05, 4.69) is 11.9 Å². The highest BCUT2D eigenvalue weighted by atomic mass is 32.2. The van der Waals surface area contributed by atoms with Gasteiger partial charge in [-0.3, -0.25) is 0 Å². The number of piperidine rings is 1. The molecule has 0 unspecified atom stereocenters. The first kappa shape index (κ1) is 10.9. The summed E-state index contributed by atoms with van der Waals surface area (Å²) in [6.07, 6.45) is 3.16. The lowest BCUT2D eigenvalue weighted by Crippen LogP contribution is -2.44. The van der Waals surface area contributed by atoms with Gasteiger partial charge in [0.25, 0.3) is 0 Å². The van der Waals surface area contributed by atoms with Crippen LogP contribution in [0.25, 0.3) is 0 Å². The van der Waals surface area contributed by atoms with Crippen LogP contribution in [-0.4, -0.2) is 57.1 Å². The lowest BCUT2D eigenvalue weighted by Gasteiger charge is -2.33. The molecule has 0 aromatic heterocycles. The predicted molar refractivity (Wildman–Crippen MR) is 53.1 cm³/mol. The number of likely N-dealkylation sites (tertiary alicyclic amines) is 1. The van der Waals surface area contributed by atoms with E-state index >= 15 is 0 Å². The van der Waals surface area contributed by atoms with E-state index < -0.39 is 10.0 Å². The summed E-state index contributed by atoms with van der Waals surface area (Å²) in [5, 5.41) is 0. The van der Waals surface area contributed by atoms with Gasteiger partial charge in [-0.2, -0.15) is 0 Å². The molecule has 0 spiro atoms. The fourth-order valence-electron chi connectivity index (χ4n) is 1.63. The van der Waals surface area contributed by atoms with Crippen LogP contribution >= 0.6 is 0 Å². The van der Waals surface area contributed by atoms with Crippen molar-refractivity contribution in [1.82, 2.24) is 9.21 Å². The zero-order valence-corrected chi connectivity index (χ0v) is 9.34. The Labute approximate surface area is 80.6 Å². The molecular weight excluding hydrogens is 188 g/mol. The van der Waals surface area contributed by atoms with E-state index in [-0.39, 0.29) is 6.04 Å². The maximum absolute atomic E-state index is 11.2. The highest BCUT2D eigenvalue weighted by Gasteiger charge is 2.25. The molecule has 0 aliphatic carbocycles. The second-order valence-electron chi connectivity index (χ2n) is 3.81. The van der Waals surface area contributed by atoms with Gasteiger partial charge in [0.05, 0.1) is 6.26 Å². The van der Waals surface area contributed by atoms with Gasteiger partial charge in [0.1, 0.15) is 0 Å². The van der Waals surface area contributed by atoms with Gasteiger partial charge in [-0.05, 0) is 33.0 Å². The van der Waals surface area contributed by atoms with E-state index in [0.717, 1.165) is 25.9 Å². The van der Waals surface area contributed by atoms with Gasteiger partial charge in [0.2, 0.25) is 10.0 Å². The molecule has 1 aliphatic rings. The third-order valence-electron chi connectivity index (χ3n) is 2.73. The number of nitrogens with zero attached hydrogens (tertiary/aromatic N) is 2. The molecule has 1 fully saturated rings. The van der Waals surface area contributed by atoms with E-state index in [1.807, 2.05) is 0 Å². The van der Waals surface area contributed by atoms with Crippen molar-refractivity contribution in [3.05, 3.63) is 0 Å². The fraction of sp³-hybridized carbons (Fsp3) is 1.00. The molecule has 1 saturated heterocycles. The summed E-state index contributed by atoms with van der Waals surface area (Å²) in [4.78, 5) is 2.23. The molecule has 0 amide bonds. The molecule has 0 aromatic carbocycles. The van der Waals surface area contributed by atoms with E-state index in [1.165, 1.54) is 10.6 Å². The molecule has 78 valence electrons. The molecule has 1 heterocycles. The van der Waals surface area contributed by atoms with E-state index in [9.17, 15) is 8.42 Å². The van der Waals surface area contributed by atoms with Crippen LogP contribution in [0, 0.1) is 0 Å². The number of hydrogen-bond acceptors (Lipinski definition) is 3. The molecule has 0 N–H and O–H groups in total. The second-order valence-corrected chi connectivity index (χ2v) is 5.86. The van der Waals surface area contributed by atoms with Gasteiger partial charge >= 0.3 is 0 Å². The van der Waals surface area contributed by atoms with Crippen LogP contribution in [0.15, 0.2) is 0 Å². The summed E-state index contributed by atoms with van der Waals surface area (Å²) < 4.78 is 23.9. The summed E-state index contributed by atoms with van der Waals surface area (Å²) in [7, 11) is 0.733. The van der Waals surface area contributed by atoms with Crippen LogP contribution in [-0.2, 0) is 10.0 Å². The summed E-state index contributed by atoms with van der Waals surface area (Å²) in [6, 6.07) is 0.200. The van der Waals surface area contributed by atoms with Crippen LogP contribution in [0.2, 0.25) is 0 Å². The Morgan fingerprint density at radius 1 is 1.31 bits per heavy atom. The Morgan fingerprint density at radius 3 is 2.15 bits per heavy atom. The van der Waals surface area contributed by atoms with Gasteiger partial charge in [0.15, 0.2) is 0 Å². The SMILES string of the molecule is CN1CCC(N(C)S(C)(=O)=O)CC1. The van der Waals surface area contributed by atoms with Crippen molar-refractivity contribution in [3.8, 4) is 0 Å². The van der Waals surface area contributed by atoms with Crippen molar-refractivity contribution in [2.24, 2.45) is 0 Å². The quantitative estimate of drug-likeness (QED) is 0.637. The lowest BCUT2D eigenvalue weighted by molar-refractivity contribution is 0.198. The molecule has 0 bridgehead atoms. The Kier molecular flexibility index (Phi) is 3.32. The minimum atomic E-state index is -3.01. The number of rotatable bonds is 2. The van der Waals surface area contributed by atoms with Crippen LogP contribution in [0.5, 0.6) is 0 Å². The number of hydrogen-bond donors (Lipinski definition) is 0. The number of sulfonamides is 1. The second kappa shape index (κ2) is 3.94. The average Bonchev–Trinajstić information content (AvgIpc) is 2.03. The Balaban J connectivity index is 2.55. The summed E-state index contributed by atoms with van der Waals surface area (Å²) >= 11 is 0. The van der Waals surface area contributed by atoms with Crippen LogP contribution < -0.4 is 0 Å². The third kappa shape index (κ3) is 2.93. The zero-order valence-electron chi connectivity index (χ0n) is 8.52. The van der Waals surface area contributed by atoms with Crippen molar-refractivity contribution in [2.45, 2.75) is 18.9 Å². The monoisotopic (exact) mass is 206 g/mol. The topological polar surface area (TPSA) is 40.6 Å². The summed E-state index contributed by atoms with van der Waals surface area (Å²) in [6.45, 7) is 1.98. The van der Waals surface area contributed by atoms with E-state index in [1.54, 1.807) is 7.05 Å². The van der Waals surface area contributed by atoms with Crippen molar-refractivity contribution >= 4 is 10.0 Å². The summed E-state index contributed by atoms with van der Waals surface area (Å²) in [5.74, 6) is 0. The van der Waals surface area contributed by atoms with E-state index in [0.29, 0.717) is 0 Å². The van der Waals surface area contributed by atoms with Crippen LogP contribution in [0.3, 0.4) is 0 Å². The van der Waals surface area contributed by atoms with Gasteiger partial charge in [-0.1, -0.05) is 0 Å². The van der Waals surface area contributed by atoms with E-state index in [4.69, 9.17) is 0 Å². The van der Waals surface area contributed by atoms with Gasteiger partial charge in [0, 0.05) is 13.1 Å². The predicted octanol–water partition coefficient (Wildman–Crippen LogP) is -0.0280. The van der Waals surface area contributed by atoms with Gasteiger partial charge < -0.3 is 4.90 Å². The standard InChI is InChI=1S/C8H18N2O2S/c1-9-6-4-8(5-7-9)10(2)13(3,11)12/h8H,4-7H2,1-3H3. The van der Waals surface area contributed by atoms with Crippen molar-refractivity contribution in [2.75, 3.05) is 33.4 Å². The van der Waals surface area contributed by atoms with Crippen molar-refractivity contribution in [3.63, 3.8) is 0 Å². The summed E-state index contributed by atoms with van der Waals surface area (Å²) in [5.41, 5.74) is 0. The largest absolute Gasteiger partial charge is 0.306 e. The van der Waals surface area contributed by atoms with Crippen LogP contribution in [0.1, 0.15) is 12.8 Å². The minimum absolute atomic E-state index is 0.200. The molecule has 13 heavy (non-hydrogen) atoms. The fourth-order valence-corrected chi connectivity index (χ4v) is 2.38. The zero-order chi connectivity index (χ0) is 10.1. The smallest absolute Gasteiger partial charge is 0.211 e. The third-order valence-corrected chi connectivity index (χ3v) is 4.07. The highest BCUT2D eigenvalue weighted by Crippen LogP contribution is 2.15. The van der Waals surface area contributed by atoms with Gasteiger partial charge in [-0.25, -0.2) is 12.7 Å². The Bertz CT molecular complexity index is 255. The molecule has 0 atom stereocenters. The van der Waals surface area contributed by atoms with Crippen LogP contribution in [0.4, 0.5) is 0 Å². The molecule has 0 saturated carbocycles. The van der Waals surface area contributed by atoms with Gasteiger partial charge in [-0.15, -0.1) is 0 Å². The minimum Gasteiger partial charge on any atom is -0.306 e. The average molecular weight is 206 g/mol. The van der Waals surface area contributed by atoms with Crippen molar-refractivity contribution in [1.29, 1.82) is 0 Å². The Hall–Kier alpha value is -0.130. The van der Waals surface area contributed by atoms with Crippen molar-refractivity contribution < 1.29 is 8.42 Å². The maximum Gasteiger partial charge on any atom is 0.211 e. The molecule has 4 nitrogen and oxygen atoms in total.